The van der Waals surface area contributed by atoms with Gasteiger partial charge in [0.05, 0.1) is 24.0 Å². The monoisotopic (exact) mass is 253 g/mol. The second-order valence-corrected chi connectivity index (χ2v) is 5.15. The molecular formula is C13H20ClN3. The molecule has 0 aliphatic carbocycles. The van der Waals surface area contributed by atoms with Gasteiger partial charge in [-0.15, -0.1) is 11.6 Å². The van der Waals surface area contributed by atoms with Gasteiger partial charge in [-0.25, -0.2) is 4.98 Å². The molecular weight excluding hydrogens is 234 g/mol. The van der Waals surface area contributed by atoms with Crippen LogP contribution in [0.15, 0.2) is 12.4 Å². The van der Waals surface area contributed by atoms with E-state index in [-0.39, 0.29) is 0 Å². The molecule has 0 radical (unpaired) electrons. The van der Waals surface area contributed by atoms with Crippen molar-refractivity contribution < 1.29 is 0 Å². The maximum Gasteiger partial charge on any atom is 0.147 e. The normalized spacial score (nSPS) is 18.6. The Kier molecular flexibility index (Phi) is 3.87. The molecule has 1 aromatic rings. The first-order chi connectivity index (χ1) is 8.23. The highest BCUT2D eigenvalue weighted by atomic mass is 35.5. The summed E-state index contributed by atoms with van der Waals surface area (Å²) < 4.78 is 0. The fourth-order valence-electron chi connectivity index (χ4n) is 2.54. The van der Waals surface area contributed by atoms with Crippen LogP contribution in [0.25, 0.3) is 0 Å². The molecule has 1 aliphatic rings. The van der Waals surface area contributed by atoms with Crippen LogP contribution in [0.3, 0.4) is 0 Å². The predicted octanol–water partition coefficient (Wildman–Crippen LogP) is 3.23. The molecule has 1 aromatic heterocycles. The van der Waals surface area contributed by atoms with Crippen LogP contribution in [0.2, 0.25) is 0 Å². The summed E-state index contributed by atoms with van der Waals surface area (Å²) in [6.07, 6.45) is 7.37. The first-order valence-electron chi connectivity index (χ1n) is 6.35. The molecule has 0 bridgehead atoms. The molecule has 0 amide bonds. The SMILES string of the molecule is CCC1(CC)CCN(c2cnc(CCl)cn2)C1. The third-order valence-electron chi connectivity index (χ3n) is 4.09. The molecule has 0 saturated carbocycles. The number of alkyl halides is 1. The van der Waals surface area contributed by atoms with Crippen LogP contribution in [-0.4, -0.2) is 23.1 Å². The van der Waals surface area contributed by atoms with E-state index in [1.54, 1.807) is 6.20 Å². The van der Waals surface area contributed by atoms with Crippen molar-refractivity contribution in [1.29, 1.82) is 0 Å². The Morgan fingerprint density at radius 2 is 2.06 bits per heavy atom. The van der Waals surface area contributed by atoms with Crippen molar-refractivity contribution in [3.63, 3.8) is 0 Å². The number of hydrogen-bond donors (Lipinski definition) is 0. The Morgan fingerprint density at radius 1 is 1.29 bits per heavy atom. The number of hydrogen-bond acceptors (Lipinski definition) is 3. The molecule has 0 spiro atoms. The average Bonchev–Trinajstić information content (AvgIpc) is 2.84. The van der Waals surface area contributed by atoms with E-state index in [2.05, 4.69) is 28.7 Å². The lowest BCUT2D eigenvalue weighted by Crippen LogP contribution is -2.26. The number of anilines is 1. The summed E-state index contributed by atoms with van der Waals surface area (Å²) in [6.45, 7) is 6.77. The van der Waals surface area contributed by atoms with Crippen molar-refractivity contribution in [2.75, 3.05) is 18.0 Å². The van der Waals surface area contributed by atoms with Gasteiger partial charge in [0.2, 0.25) is 0 Å². The van der Waals surface area contributed by atoms with Crippen molar-refractivity contribution in [2.24, 2.45) is 5.41 Å². The van der Waals surface area contributed by atoms with Crippen LogP contribution in [-0.2, 0) is 5.88 Å². The van der Waals surface area contributed by atoms with E-state index in [4.69, 9.17) is 11.6 Å². The van der Waals surface area contributed by atoms with Gasteiger partial charge in [-0.2, -0.15) is 0 Å². The quantitative estimate of drug-likeness (QED) is 0.772. The smallest absolute Gasteiger partial charge is 0.147 e. The summed E-state index contributed by atoms with van der Waals surface area (Å²) in [7, 11) is 0. The Hall–Kier alpha value is -0.830. The molecule has 2 heterocycles. The molecule has 1 fully saturated rings. The first-order valence-corrected chi connectivity index (χ1v) is 6.88. The summed E-state index contributed by atoms with van der Waals surface area (Å²) in [5.41, 5.74) is 1.32. The van der Waals surface area contributed by atoms with Crippen molar-refractivity contribution in [3.05, 3.63) is 18.1 Å². The molecule has 0 N–H and O–H groups in total. The first kappa shape index (κ1) is 12.6. The van der Waals surface area contributed by atoms with Crippen LogP contribution in [0.4, 0.5) is 5.82 Å². The number of halogens is 1. The van der Waals surface area contributed by atoms with Gasteiger partial charge in [0.1, 0.15) is 5.82 Å². The number of aromatic nitrogens is 2. The Balaban J connectivity index is 2.09. The second kappa shape index (κ2) is 5.21. The van der Waals surface area contributed by atoms with Gasteiger partial charge < -0.3 is 4.90 Å². The molecule has 17 heavy (non-hydrogen) atoms. The van der Waals surface area contributed by atoms with Crippen LogP contribution in [0, 0.1) is 5.41 Å². The lowest BCUT2D eigenvalue weighted by molar-refractivity contribution is 0.301. The van der Waals surface area contributed by atoms with Crippen LogP contribution >= 0.6 is 11.6 Å². The van der Waals surface area contributed by atoms with Gasteiger partial charge in [-0.3, -0.25) is 4.98 Å². The van der Waals surface area contributed by atoms with Crippen molar-refractivity contribution in [2.45, 2.75) is 39.0 Å². The minimum atomic E-state index is 0.432. The molecule has 1 aliphatic heterocycles. The van der Waals surface area contributed by atoms with Gasteiger partial charge in [-0.05, 0) is 24.7 Å². The Labute approximate surface area is 108 Å². The van der Waals surface area contributed by atoms with E-state index in [0.29, 0.717) is 11.3 Å². The van der Waals surface area contributed by atoms with Gasteiger partial charge in [-0.1, -0.05) is 13.8 Å². The van der Waals surface area contributed by atoms with E-state index >= 15 is 0 Å². The van der Waals surface area contributed by atoms with Crippen LogP contribution in [0.1, 0.15) is 38.8 Å². The molecule has 0 aromatic carbocycles. The van der Waals surface area contributed by atoms with Crippen LogP contribution < -0.4 is 4.90 Å². The molecule has 2 rings (SSSR count). The average molecular weight is 254 g/mol. The Morgan fingerprint density at radius 3 is 2.53 bits per heavy atom. The van der Waals surface area contributed by atoms with Gasteiger partial charge in [0.15, 0.2) is 0 Å². The Bertz CT molecular complexity index is 359. The fraction of sp³-hybridized carbons (Fsp3) is 0.692. The topological polar surface area (TPSA) is 29.0 Å². The summed E-state index contributed by atoms with van der Waals surface area (Å²) in [5, 5.41) is 0. The highest BCUT2D eigenvalue weighted by Gasteiger charge is 2.35. The van der Waals surface area contributed by atoms with Gasteiger partial charge in [0.25, 0.3) is 0 Å². The highest BCUT2D eigenvalue weighted by molar-refractivity contribution is 6.16. The maximum atomic E-state index is 5.71. The summed E-state index contributed by atoms with van der Waals surface area (Å²) in [4.78, 5) is 11.1. The molecule has 4 heteroatoms. The molecule has 3 nitrogen and oxygen atoms in total. The zero-order chi connectivity index (χ0) is 12.3. The van der Waals surface area contributed by atoms with Gasteiger partial charge in [0, 0.05) is 13.1 Å². The van der Waals surface area contributed by atoms with Crippen molar-refractivity contribution in [3.8, 4) is 0 Å². The predicted molar refractivity (Wildman–Crippen MR) is 71.4 cm³/mol. The maximum absolute atomic E-state index is 5.71. The standard InChI is InChI=1S/C13H20ClN3/c1-3-13(4-2)5-6-17(10-13)12-9-15-11(7-14)8-16-12/h8-9H,3-7,10H2,1-2H3. The van der Waals surface area contributed by atoms with Gasteiger partial charge >= 0.3 is 0 Å². The molecule has 0 atom stereocenters. The molecule has 94 valence electrons. The number of rotatable bonds is 4. The molecule has 0 unspecified atom stereocenters. The van der Waals surface area contributed by atoms with E-state index in [1.807, 2.05) is 6.20 Å². The summed E-state index contributed by atoms with van der Waals surface area (Å²) >= 11 is 5.71. The minimum Gasteiger partial charge on any atom is -0.355 e. The van der Waals surface area contributed by atoms with E-state index in [9.17, 15) is 0 Å². The second-order valence-electron chi connectivity index (χ2n) is 4.88. The third kappa shape index (κ3) is 2.54. The summed E-state index contributed by atoms with van der Waals surface area (Å²) in [5.74, 6) is 1.42. The lowest BCUT2D eigenvalue weighted by Gasteiger charge is -2.26. The summed E-state index contributed by atoms with van der Waals surface area (Å²) in [6, 6.07) is 0. The van der Waals surface area contributed by atoms with E-state index < -0.39 is 0 Å². The zero-order valence-electron chi connectivity index (χ0n) is 10.6. The zero-order valence-corrected chi connectivity index (χ0v) is 11.4. The van der Waals surface area contributed by atoms with Crippen molar-refractivity contribution in [1.82, 2.24) is 9.97 Å². The number of nitrogens with zero attached hydrogens (tertiary/aromatic N) is 3. The van der Waals surface area contributed by atoms with E-state index in [1.165, 1.54) is 19.3 Å². The third-order valence-corrected chi connectivity index (χ3v) is 4.36. The highest BCUT2D eigenvalue weighted by Crippen LogP contribution is 2.38. The fourth-order valence-corrected chi connectivity index (χ4v) is 2.68. The largest absolute Gasteiger partial charge is 0.355 e. The van der Waals surface area contributed by atoms with E-state index in [0.717, 1.165) is 24.6 Å². The molecule has 1 saturated heterocycles. The van der Waals surface area contributed by atoms with Crippen LogP contribution in [0.5, 0.6) is 0 Å². The van der Waals surface area contributed by atoms with Crippen molar-refractivity contribution >= 4 is 17.4 Å². The minimum absolute atomic E-state index is 0.432. The lowest BCUT2D eigenvalue weighted by atomic mass is 9.82.